The van der Waals surface area contributed by atoms with Gasteiger partial charge in [0, 0.05) is 18.5 Å². The largest absolute Gasteiger partial charge is 0.481 e. The van der Waals surface area contributed by atoms with Crippen LogP contribution in [0.2, 0.25) is 0 Å². The van der Waals surface area contributed by atoms with Crippen LogP contribution in [0.4, 0.5) is 28.9 Å². The maximum absolute atomic E-state index is 15.7. The third-order valence-electron chi connectivity index (χ3n) is 5.28. The summed E-state index contributed by atoms with van der Waals surface area (Å²) in [5.74, 6) is -13.3. The van der Waals surface area contributed by atoms with Crippen LogP contribution >= 0.6 is 61.1 Å². The van der Waals surface area contributed by atoms with Gasteiger partial charge in [-0.3, -0.25) is 4.79 Å². The maximum Gasteiger partial charge on any atom is 0.356 e. The summed E-state index contributed by atoms with van der Waals surface area (Å²) in [4.78, 5) is 12.1. The molecule has 0 radical (unpaired) electrons. The molecule has 2 aromatic rings. The van der Waals surface area contributed by atoms with Gasteiger partial charge in [0.25, 0.3) is 0 Å². The van der Waals surface area contributed by atoms with Crippen LogP contribution in [-0.4, -0.2) is 28.6 Å². The molecule has 4 nitrogen and oxygen atoms in total. The molecule has 0 spiro atoms. The van der Waals surface area contributed by atoms with Gasteiger partial charge < -0.3 is 15.7 Å². The molecule has 3 N–H and O–H groups in total. The highest BCUT2D eigenvalue weighted by Crippen LogP contribution is 2.56. The standard InChI is InChI=1S/C21H17BrF4I2N2O2/c1-10-7-12(27)3-5-15(10)29-20(30-16-6-4-13(28)8-11(16)2)14(18(31)32)9-17(22)19(23,24)21(20,25)26/h3-9,14,29-30H,1-2H3,(H,31,32). The molecule has 0 fully saturated rings. The quantitative estimate of drug-likeness (QED) is 0.176. The summed E-state index contributed by atoms with van der Waals surface area (Å²) < 4.78 is 61.7. The van der Waals surface area contributed by atoms with Crippen LogP contribution in [0.25, 0.3) is 0 Å². The van der Waals surface area contributed by atoms with Crippen molar-refractivity contribution in [2.24, 2.45) is 5.92 Å². The van der Waals surface area contributed by atoms with Crippen LogP contribution in [0, 0.1) is 26.9 Å². The fourth-order valence-electron chi connectivity index (χ4n) is 3.53. The Bertz CT molecular complexity index is 1060. The Hall–Kier alpha value is -1.09. The minimum atomic E-state index is -4.86. The van der Waals surface area contributed by atoms with E-state index >= 15 is 8.78 Å². The van der Waals surface area contributed by atoms with E-state index < -0.39 is 33.9 Å². The number of carboxylic acids is 1. The second-order valence-corrected chi connectivity index (χ2v) is 10.8. The normalized spacial score (nSPS) is 20.9. The number of carbonyl (C=O) groups is 1. The molecular formula is C21H17BrF4I2N2O2. The molecule has 11 heteroatoms. The van der Waals surface area contributed by atoms with Crippen LogP contribution in [0.3, 0.4) is 0 Å². The van der Waals surface area contributed by atoms with Crippen molar-refractivity contribution in [1.82, 2.24) is 0 Å². The SMILES string of the molecule is Cc1cc(I)ccc1NC1(Nc2ccc(I)cc2C)C(C(=O)O)C=C(Br)C(F)(F)C1(F)F. The molecule has 0 bridgehead atoms. The first-order valence-electron chi connectivity index (χ1n) is 9.18. The van der Waals surface area contributed by atoms with E-state index in [-0.39, 0.29) is 11.4 Å². The monoisotopic (exact) mass is 738 g/mol. The predicted octanol–water partition coefficient (Wildman–Crippen LogP) is 7.00. The summed E-state index contributed by atoms with van der Waals surface area (Å²) in [6.07, 6.45) is 0.615. The van der Waals surface area contributed by atoms with Gasteiger partial charge in [0.15, 0.2) is 5.66 Å². The summed E-state index contributed by atoms with van der Waals surface area (Å²) in [7, 11) is 0. The summed E-state index contributed by atoms with van der Waals surface area (Å²) >= 11 is 6.54. The number of alkyl halides is 4. The highest BCUT2D eigenvalue weighted by atomic mass is 127. The van der Waals surface area contributed by atoms with Gasteiger partial charge in [0.05, 0.1) is 4.48 Å². The third-order valence-corrected chi connectivity index (χ3v) is 7.38. The number of benzene rings is 2. The van der Waals surface area contributed by atoms with Gasteiger partial charge in [-0.15, -0.1) is 0 Å². The predicted molar refractivity (Wildman–Crippen MR) is 136 cm³/mol. The van der Waals surface area contributed by atoms with Gasteiger partial charge in [0.2, 0.25) is 0 Å². The zero-order valence-electron chi connectivity index (χ0n) is 16.6. The summed E-state index contributed by atoms with van der Waals surface area (Å²) in [6.45, 7) is 3.24. The molecule has 1 aliphatic rings. The molecule has 1 atom stereocenters. The van der Waals surface area contributed by atoms with Gasteiger partial charge in [-0.25, -0.2) is 0 Å². The Morgan fingerprint density at radius 1 is 0.969 bits per heavy atom. The Morgan fingerprint density at radius 3 is 1.78 bits per heavy atom. The van der Waals surface area contributed by atoms with Crippen molar-refractivity contribution in [2.75, 3.05) is 10.6 Å². The molecule has 0 amide bonds. The lowest BCUT2D eigenvalue weighted by Gasteiger charge is -2.50. The van der Waals surface area contributed by atoms with Crippen molar-refractivity contribution < 1.29 is 27.5 Å². The lowest BCUT2D eigenvalue weighted by atomic mass is 9.77. The number of anilines is 2. The highest BCUT2D eigenvalue weighted by Gasteiger charge is 2.76. The molecule has 0 aliphatic heterocycles. The van der Waals surface area contributed by atoms with E-state index in [9.17, 15) is 18.7 Å². The molecule has 3 rings (SSSR count). The van der Waals surface area contributed by atoms with E-state index in [1.165, 1.54) is 12.1 Å². The van der Waals surface area contributed by atoms with Crippen LogP contribution in [0.5, 0.6) is 0 Å². The van der Waals surface area contributed by atoms with Crippen molar-refractivity contribution in [1.29, 1.82) is 0 Å². The number of allylic oxidation sites excluding steroid dienone is 1. The Balaban J connectivity index is 2.31. The zero-order valence-corrected chi connectivity index (χ0v) is 22.5. The van der Waals surface area contributed by atoms with Gasteiger partial charge in [0.1, 0.15) is 5.92 Å². The molecule has 0 aromatic heterocycles. The van der Waals surface area contributed by atoms with E-state index in [0.717, 1.165) is 7.14 Å². The minimum Gasteiger partial charge on any atom is -0.481 e. The van der Waals surface area contributed by atoms with Crippen molar-refractivity contribution in [2.45, 2.75) is 31.4 Å². The molecular weight excluding hydrogens is 722 g/mol. The zero-order chi connectivity index (χ0) is 24.1. The van der Waals surface area contributed by atoms with E-state index in [4.69, 9.17) is 0 Å². The first-order chi connectivity index (χ1) is 14.7. The number of nitrogens with one attached hydrogen (secondary N) is 2. The Morgan fingerprint density at radius 2 is 1.41 bits per heavy atom. The van der Waals surface area contributed by atoms with Crippen LogP contribution in [0.1, 0.15) is 11.1 Å². The molecule has 32 heavy (non-hydrogen) atoms. The van der Waals surface area contributed by atoms with E-state index in [1.807, 2.05) is 45.2 Å². The number of hydrogen-bond donors (Lipinski definition) is 3. The van der Waals surface area contributed by atoms with Crippen LogP contribution in [0.15, 0.2) is 47.0 Å². The second kappa shape index (κ2) is 8.93. The van der Waals surface area contributed by atoms with Gasteiger partial charge >= 0.3 is 17.8 Å². The van der Waals surface area contributed by atoms with Crippen molar-refractivity contribution in [3.05, 3.63) is 65.2 Å². The first kappa shape index (κ1) is 25.5. The minimum absolute atomic E-state index is 0.106. The van der Waals surface area contributed by atoms with Crippen LogP contribution in [-0.2, 0) is 4.79 Å². The lowest BCUT2D eigenvalue weighted by Crippen LogP contribution is -2.73. The number of aryl methyl sites for hydroxylation is 2. The van der Waals surface area contributed by atoms with E-state index in [0.29, 0.717) is 17.2 Å². The summed E-state index contributed by atoms with van der Waals surface area (Å²) in [5.41, 5.74) is -1.89. The number of halogens is 7. The fourth-order valence-corrected chi connectivity index (χ4v) is 5.34. The number of carboxylic acid groups (broad SMARTS) is 1. The molecule has 172 valence electrons. The average Bonchev–Trinajstić information content (AvgIpc) is 2.67. The number of rotatable bonds is 5. The smallest absolute Gasteiger partial charge is 0.356 e. The molecule has 0 saturated heterocycles. The van der Waals surface area contributed by atoms with Gasteiger partial charge in [-0.2, -0.15) is 17.6 Å². The first-order valence-corrected chi connectivity index (χ1v) is 12.1. The average molecular weight is 739 g/mol. The van der Waals surface area contributed by atoms with Crippen molar-refractivity contribution in [3.63, 3.8) is 0 Å². The van der Waals surface area contributed by atoms with Crippen molar-refractivity contribution in [3.8, 4) is 0 Å². The summed E-state index contributed by atoms with van der Waals surface area (Å²) in [6, 6.07) is 9.49. The molecule has 0 heterocycles. The third kappa shape index (κ3) is 4.24. The molecule has 1 unspecified atom stereocenters. The fraction of sp³-hybridized carbons (Fsp3) is 0.286. The van der Waals surface area contributed by atoms with E-state index in [2.05, 4.69) is 26.6 Å². The molecule has 1 aliphatic carbocycles. The topological polar surface area (TPSA) is 61.4 Å². The Kier molecular flexibility index (Phi) is 7.12. The Labute approximate surface area is 217 Å². The van der Waals surface area contributed by atoms with Crippen LogP contribution < -0.4 is 10.6 Å². The van der Waals surface area contributed by atoms with Gasteiger partial charge in [-0.1, -0.05) is 0 Å². The lowest BCUT2D eigenvalue weighted by molar-refractivity contribution is -0.224. The highest BCUT2D eigenvalue weighted by molar-refractivity contribution is 14.1. The number of aliphatic carboxylic acids is 1. The van der Waals surface area contributed by atoms with E-state index in [1.54, 1.807) is 38.1 Å². The second-order valence-electron chi connectivity index (χ2n) is 7.46. The number of hydrogen-bond acceptors (Lipinski definition) is 3. The molecule has 2 aromatic carbocycles. The summed E-state index contributed by atoms with van der Waals surface area (Å²) in [5, 5.41) is 14.8. The molecule has 0 saturated carbocycles. The van der Waals surface area contributed by atoms with Gasteiger partial charge in [-0.05, 0) is 129 Å². The maximum atomic E-state index is 15.7. The van der Waals surface area contributed by atoms with Crippen molar-refractivity contribution >= 4 is 78.5 Å².